The Kier molecular flexibility index (Phi) is 4.49. The van der Waals surface area contributed by atoms with E-state index < -0.39 is 0 Å². The fraction of sp³-hybridized carbons (Fsp3) is 0.105. The van der Waals surface area contributed by atoms with Crippen molar-refractivity contribution in [2.45, 2.75) is 6.92 Å². The number of hydrogen-bond donors (Lipinski definition) is 1. The van der Waals surface area contributed by atoms with Crippen molar-refractivity contribution < 1.29 is 9.53 Å². The largest absolute Gasteiger partial charge is 0.484 e. The van der Waals surface area contributed by atoms with Crippen LogP contribution in [-0.2, 0) is 4.79 Å². The highest BCUT2D eigenvalue weighted by Gasteiger charge is 2.07. The molecule has 0 saturated heterocycles. The summed E-state index contributed by atoms with van der Waals surface area (Å²) in [6.07, 6.45) is 0. The van der Waals surface area contributed by atoms with E-state index in [0.29, 0.717) is 16.5 Å². The zero-order valence-corrected chi connectivity index (χ0v) is 13.4. The molecule has 0 aliphatic rings. The van der Waals surface area contributed by atoms with Crippen molar-refractivity contribution in [3.8, 4) is 5.75 Å². The number of fused-ring (bicyclic) bond motifs is 1. The summed E-state index contributed by atoms with van der Waals surface area (Å²) < 4.78 is 5.57. The zero-order chi connectivity index (χ0) is 16.2. The molecule has 3 rings (SSSR count). The number of rotatable bonds is 4. The van der Waals surface area contributed by atoms with Crippen LogP contribution in [-0.4, -0.2) is 12.5 Å². The van der Waals surface area contributed by atoms with E-state index in [2.05, 4.69) is 5.32 Å². The quantitative estimate of drug-likeness (QED) is 0.747. The molecular weight excluding hydrogens is 310 g/mol. The second kappa shape index (κ2) is 6.71. The monoisotopic (exact) mass is 325 g/mol. The molecule has 3 aromatic carbocycles. The third kappa shape index (κ3) is 3.63. The van der Waals surface area contributed by atoms with Gasteiger partial charge in [-0.2, -0.15) is 0 Å². The van der Waals surface area contributed by atoms with Crippen LogP contribution in [0.1, 0.15) is 5.56 Å². The lowest BCUT2D eigenvalue weighted by Crippen LogP contribution is -2.20. The average molecular weight is 326 g/mol. The minimum atomic E-state index is -0.219. The van der Waals surface area contributed by atoms with Crippen LogP contribution in [0.3, 0.4) is 0 Å². The van der Waals surface area contributed by atoms with Gasteiger partial charge in [0, 0.05) is 10.7 Å². The molecule has 0 bridgehead atoms. The van der Waals surface area contributed by atoms with Gasteiger partial charge in [-0.1, -0.05) is 48.0 Å². The first-order valence-corrected chi connectivity index (χ1v) is 7.68. The molecule has 116 valence electrons. The van der Waals surface area contributed by atoms with E-state index in [9.17, 15) is 4.79 Å². The van der Waals surface area contributed by atoms with Crippen LogP contribution in [0.5, 0.6) is 5.75 Å². The van der Waals surface area contributed by atoms with Gasteiger partial charge in [0.15, 0.2) is 6.61 Å². The molecule has 0 aliphatic carbocycles. The molecule has 23 heavy (non-hydrogen) atoms. The van der Waals surface area contributed by atoms with Crippen molar-refractivity contribution in [2.24, 2.45) is 0 Å². The number of carbonyl (C=O) groups is 1. The Hall–Kier alpha value is -2.52. The number of nitrogens with one attached hydrogen (secondary N) is 1. The summed E-state index contributed by atoms with van der Waals surface area (Å²) in [5, 5.41) is 5.65. The number of halogens is 1. The molecule has 1 amide bonds. The minimum absolute atomic E-state index is 0.0513. The summed E-state index contributed by atoms with van der Waals surface area (Å²) in [6.45, 7) is 1.81. The van der Waals surface area contributed by atoms with Crippen molar-refractivity contribution in [3.63, 3.8) is 0 Å². The summed E-state index contributed by atoms with van der Waals surface area (Å²) in [5.41, 5.74) is 1.54. The molecule has 0 atom stereocenters. The number of anilines is 1. The summed E-state index contributed by atoms with van der Waals surface area (Å²) in [4.78, 5) is 12.0. The third-order valence-corrected chi connectivity index (χ3v) is 4.04. The van der Waals surface area contributed by atoms with Gasteiger partial charge in [0.2, 0.25) is 0 Å². The Labute approximate surface area is 139 Å². The maximum absolute atomic E-state index is 12.0. The molecule has 0 aliphatic heterocycles. The van der Waals surface area contributed by atoms with Gasteiger partial charge >= 0.3 is 0 Å². The first-order chi connectivity index (χ1) is 11.1. The van der Waals surface area contributed by atoms with E-state index in [0.717, 1.165) is 16.3 Å². The maximum atomic E-state index is 12.0. The van der Waals surface area contributed by atoms with Crippen molar-refractivity contribution in [1.82, 2.24) is 0 Å². The normalized spacial score (nSPS) is 10.5. The fourth-order valence-corrected chi connectivity index (χ4v) is 2.51. The van der Waals surface area contributed by atoms with Crippen molar-refractivity contribution in [2.75, 3.05) is 11.9 Å². The fourth-order valence-electron chi connectivity index (χ4n) is 2.34. The standard InChI is InChI=1S/C19H16ClNO2/c1-13-17(20)7-4-8-18(13)21-19(22)12-23-16-10-9-14-5-2-3-6-15(14)11-16/h2-11H,12H2,1H3,(H,21,22). The van der Waals surface area contributed by atoms with E-state index in [1.807, 2.05) is 55.5 Å². The highest BCUT2D eigenvalue weighted by molar-refractivity contribution is 6.31. The van der Waals surface area contributed by atoms with E-state index >= 15 is 0 Å². The van der Waals surface area contributed by atoms with Crippen LogP contribution in [0.2, 0.25) is 5.02 Å². The third-order valence-electron chi connectivity index (χ3n) is 3.63. The van der Waals surface area contributed by atoms with Crippen molar-refractivity contribution >= 4 is 34.0 Å². The van der Waals surface area contributed by atoms with Gasteiger partial charge in [-0.25, -0.2) is 0 Å². The molecule has 4 heteroatoms. The van der Waals surface area contributed by atoms with Crippen LogP contribution in [0, 0.1) is 6.92 Å². The molecule has 0 heterocycles. The van der Waals surface area contributed by atoms with Crippen LogP contribution in [0.25, 0.3) is 10.8 Å². The van der Waals surface area contributed by atoms with Crippen LogP contribution >= 0.6 is 11.6 Å². The Balaban J connectivity index is 1.65. The number of ether oxygens (including phenoxy) is 1. The van der Waals surface area contributed by atoms with Gasteiger partial charge < -0.3 is 10.1 Å². The first-order valence-electron chi connectivity index (χ1n) is 7.30. The van der Waals surface area contributed by atoms with Gasteiger partial charge in [0.1, 0.15) is 5.75 Å². The second-order valence-electron chi connectivity index (χ2n) is 5.26. The van der Waals surface area contributed by atoms with E-state index in [1.54, 1.807) is 12.1 Å². The van der Waals surface area contributed by atoms with Gasteiger partial charge in [-0.15, -0.1) is 0 Å². The maximum Gasteiger partial charge on any atom is 0.262 e. The number of amides is 1. The lowest BCUT2D eigenvalue weighted by molar-refractivity contribution is -0.118. The number of hydrogen-bond acceptors (Lipinski definition) is 2. The molecule has 3 nitrogen and oxygen atoms in total. The molecule has 0 fully saturated rings. The summed E-state index contributed by atoms with van der Waals surface area (Å²) in [5.74, 6) is 0.449. The Morgan fingerprint density at radius 1 is 1.04 bits per heavy atom. The van der Waals surface area contributed by atoms with Crippen LogP contribution < -0.4 is 10.1 Å². The SMILES string of the molecule is Cc1c(Cl)cccc1NC(=O)COc1ccc2ccccc2c1. The number of benzene rings is 3. The molecule has 0 unspecified atom stereocenters. The first kappa shape index (κ1) is 15.4. The lowest BCUT2D eigenvalue weighted by atomic mass is 10.1. The molecule has 0 aromatic heterocycles. The smallest absolute Gasteiger partial charge is 0.262 e. The summed E-state index contributed by atoms with van der Waals surface area (Å²) in [6, 6.07) is 19.2. The van der Waals surface area contributed by atoms with E-state index in [4.69, 9.17) is 16.3 Å². The van der Waals surface area contributed by atoms with E-state index in [-0.39, 0.29) is 12.5 Å². The predicted octanol–water partition coefficient (Wildman–Crippen LogP) is 4.82. The Morgan fingerprint density at radius 2 is 1.83 bits per heavy atom. The van der Waals surface area contributed by atoms with Crippen molar-refractivity contribution in [3.05, 3.63) is 71.2 Å². The molecule has 0 saturated carbocycles. The van der Waals surface area contributed by atoms with Crippen molar-refractivity contribution in [1.29, 1.82) is 0 Å². The molecular formula is C19H16ClNO2. The molecule has 3 aromatic rings. The van der Waals surface area contributed by atoms with Gasteiger partial charge in [-0.3, -0.25) is 4.79 Å². The van der Waals surface area contributed by atoms with Gasteiger partial charge in [0.05, 0.1) is 0 Å². The zero-order valence-electron chi connectivity index (χ0n) is 12.7. The van der Waals surface area contributed by atoms with E-state index in [1.165, 1.54) is 0 Å². The number of carbonyl (C=O) groups excluding carboxylic acids is 1. The van der Waals surface area contributed by atoms with Crippen LogP contribution in [0.15, 0.2) is 60.7 Å². The molecule has 1 N–H and O–H groups in total. The molecule has 0 radical (unpaired) electrons. The lowest BCUT2D eigenvalue weighted by Gasteiger charge is -2.11. The highest BCUT2D eigenvalue weighted by Crippen LogP contribution is 2.23. The molecule has 0 spiro atoms. The second-order valence-corrected chi connectivity index (χ2v) is 5.67. The summed E-state index contributed by atoms with van der Waals surface area (Å²) in [7, 11) is 0. The van der Waals surface area contributed by atoms with Gasteiger partial charge in [0.25, 0.3) is 5.91 Å². The Bertz CT molecular complexity index is 861. The average Bonchev–Trinajstić information content (AvgIpc) is 2.57. The highest BCUT2D eigenvalue weighted by atomic mass is 35.5. The summed E-state index contributed by atoms with van der Waals surface area (Å²) >= 11 is 6.04. The topological polar surface area (TPSA) is 38.3 Å². The Morgan fingerprint density at radius 3 is 2.65 bits per heavy atom. The van der Waals surface area contributed by atoms with Gasteiger partial charge in [-0.05, 0) is 47.5 Å². The predicted molar refractivity (Wildman–Crippen MR) is 94.3 cm³/mol. The minimum Gasteiger partial charge on any atom is -0.484 e. The van der Waals surface area contributed by atoms with Crippen LogP contribution in [0.4, 0.5) is 5.69 Å².